The van der Waals surface area contributed by atoms with Gasteiger partial charge >= 0.3 is 11.9 Å². The summed E-state index contributed by atoms with van der Waals surface area (Å²) < 4.78 is 0. The van der Waals surface area contributed by atoms with Crippen LogP contribution in [0, 0.1) is 47.3 Å². The summed E-state index contributed by atoms with van der Waals surface area (Å²) >= 11 is 0. The molecule has 0 saturated heterocycles. The Morgan fingerprint density at radius 3 is 1.68 bits per heavy atom. The van der Waals surface area contributed by atoms with Gasteiger partial charge in [0.05, 0.1) is 0 Å². The Hall–Kier alpha value is -1.32. The number of carboxylic acids is 2. The molecule has 0 aliphatic heterocycles. The minimum absolute atomic E-state index is 0.235. The number of allylic oxidation sites excluding steroid dienone is 2. The number of rotatable bonds is 6. The first kappa shape index (κ1) is 14.3. The molecule has 2 N–H and O–H groups in total. The molecule has 8 atom stereocenters. The smallest absolute Gasteiger partial charge is 0.303 e. The van der Waals surface area contributed by atoms with Crippen LogP contribution < -0.4 is 0 Å². The fraction of sp³-hybridized carbons (Fsp3) is 0.778. The zero-order valence-corrected chi connectivity index (χ0v) is 12.7. The molecular formula is C18H24O4. The molecule has 22 heavy (non-hydrogen) atoms. The van der Waals surface area contributed by atoms with Gasteiger partial charge in [-0.15, -0.1) is 0 Å². The molecule has 0 spiro atoms. The van der Waals surface area contributed by atoms with Crippen LogP contribution in [0.5, 0.6) is 0 Å². The van der Waals surface area contributed by atoms with E-state index in [1.54, 1.807) is 0 Å². The highest BCUT2D eigenvalue weighted by Crippen LogP contribution is 2.69. The molecule has 120 valence electrons. The topological polar surface area (TPSA) is 74.6 Å². The third-order valence-electron chi connectivity index (χ3n) is 7.15. The van der Waals surface area contributed by atoms with E-state index in [-0.39, 0.29) is 12.8 Å². The zero-order valence-electron chi connectivity index (χ0n) is 12.7. The van der Waals surface area contributed by atoms with Crippen LogP contribution in [0.25, 0.3) is 0 Å². The molecule has 4 aliphatic rings. The number of fused-ring (bicyclic) bond motifs is 9. The molecule has 0 amide bonds. The second-order valence-electron chi connectivity index (χ2n) is 7.86. The Labute approximate surface area is 130 Å². The first-order chi connectivity index (χ1) is 10.6. The van der Waals surface area contributed by atoms with E-state index in [0.717, 1.165) is 36.5 Å². The van der Waals surface area contributed by atoms with Gasteiger partial charge in [0.15, 0.2) is 0 Å². The van der Waals surface area contributed by atoms with E-state index in [1.165, 1.54) is 12.8 Å². The second kappa shape index (κ2) is 5.10. The van der Waals surface area contributed by atoms with E-state index >= 15 is 0 Å². The van der Waals surface area contributed by atoms with Gasteiger partial charge in [-0.3, -0.25) is 9.59 Å². The maximum Gasteiger partial charge on any atom is 0.303 e. The average Bonchev–Trinajstić information content (AvgIpc) is 3.19. The first-order valence-electron chi connectivity index (χ1n) is 8.68. The van der Waals surface area contributed by atoms with E-state index in [2.05, 4.69) is 12.2 Å². The van der Waals surface area contributed by atoms with Crippen molar-refractivity contribution in [3.8, 4) is 0 Å². The summed E-state index contributed by atoms with van der Waals surface area (Å²) in [7, 11) is 0. The van der Waals surface area contributed by atoms with Crippen LogP contribution in [-0.4, -0.2) is 22.2 Å². The summed E-state index contributed by atoms with van der Waals surface area (Å²) in [6, 6.07) is 0. The molecule has 4 rings (SSSR count). The van der Waals surface area contributed by atoms with Gasteiger partial charge in [-0.25, -0.2) is 0 Å². The molecule has 3 fully saturated rings. The van der Waals surface area contributed by atoms with E-state index in [4.69, 9.17) is 10.2 Å². The van der Waals surface area contributed by atoms with E-state index < -0.39 is 11.9 Å². The van der Waals surface area contributed by atoms with Gasteiger partial charge in [-0.2, -0.15) is 0 Å². The predicted molar refractivity (Wildman–Crippen MR) is 80.0 cm³/mol. The lowest BCUT2D eigenvalue weighted by atomic mass is 9.63. The quantitative estimate of drug-likeness (QED) is 0.584. The fourth-order valence-corrected chi connectivity index (χ4v) is 6.73. The highest BCUT2D eigenvalue weighted by molar-refractivity contribution is 5.67. The summed E-state index contributed by atoms with van der Waals surface area (Å²) in [4.78, 5) is 22.0. The Morgan fingerprint density at radius 2 is 1.27 bits per heavy atom. The normalized spacial score (nSPS) is 47.1. The Balaban J connectivity index is 1.54. The fourth-order valence-electron chi connectivity index (χ4n) is 6.73. The highest BCUT2D eigenvalue weighted by Gasteiger charge is 2.63. The minimum atomic E-state index is -0.718. The van der Waals surface area contributed by atoms with Gasteiger partial charge in [0, 0.05) is 12.8 Å². The van der Waals surface area contributed by atoms with E-state index in [9.17, 15) is 9.59 Å². The van der Waals surface area contributed by atoms with Crippen LogP contribution in [-0.2, 0) is 9.59 Å². The lowest BCUT2D eigenvalue weighted by Crippen LogP contribution is -2.37. The molecule has 0 aromatic rings. The molecule has 0 aromatic carbocycles. The SMILES string of the molecule is O=C(O)CCC1C(CCC(=O)O)C2CC1C1C3C=CC(C3)C21. The first-order valence-corrected chi connectivity index (χ1v) is 8.68. The van der Waals surface area contributed by atoms with Crippen LogP contribution in [0.15, 0.2) is 12.2 Å². The number of aliphatic carboxylic acids is 2. The van der Waals surface area contributed by atoms with Crippen LogP contribution in [0.3, 0.4) is 0 Å². The van der Waals surface area contributed by atoms with Crippen molar-refractivity contribution in [2.75, 3.05) is 0 Å². The molecule has 4 heteroatoms. The summed E-state index contributed by atoms with van der Waals surface area (Å²) in [6.07, 6.45) is 9.26. The van der Waals surface area contributed by atoms with Gasteiger partial charge in [-0.05, 0) is 73.0 Å². The van der Waals surface area contributed by atoms with Gasteiger partial charge in [0.25, 0.3) is 0 Å². The van der Waals surface area contributed by atoms with Crippen molar-refractivity contribution < 1.29 is 19.8 Å². The predicted octanol–water partition coefficient (Wildman–Crippen LogP) is 3.04. The molecule has 0 aromatic heterocycles. The molecular weight excluding hydrogens is 280 g/mol. The highest BCUT2D eigenvalue weighted by atomic mass is 16.4. The van der Waals surface area contributed by atoms with Crippen molar-refractivity contribution in [3.05, 3.63) is 12.2 Å². The third kappa shape index (κ3) is 2.03. The summed E-state index contributed by atoms with van der Waals surface area (Å²) in [5.41, 5.74) is 0. The average molecular weight is 304 g/mol. The Bertz CT molecular complexity index is 481. The standard InChI is InChI=1S/C18H24O4/c19-15(20)5-3-11-12(4-6-16(21)22)14-8-13(11)17-9-1-2-10(7-9)18(14)17/h1-2,9-14,17-18H,3-8H2,(H,19,20)(H,21,22). The Morgan fingerprint density at radius 1 is 0.818 bits per heavy atom. The van der Waals surface area contributed by atoms with Crippen LogP contribution in [0.1, 0.15) is 38.5 Å². The molecule has 4 aliphatic carbocycles. The molecule has 3 saturated carbocycles. The molecule has 4 bridgehead atoms. The van der Waals surface area contributed by atoms with Crippen molar-refractivity contribution in [2.24, 2.45) is 47.3 Å². The van der Waals surface area contributed by atoms with E-state index in [1.807, 2.05) is 0 Å². The van der Waals surface area contributed by atoms with Crippen LogP contribution in [0.2, 0.25) is 0 Å². The zero-order chi connectivity index (χ0) is 15.4. The molecule has 4 nitrogen and oxygen atoms in total. The summed E-state index contributed by atoms with van der Waals surface area (Å²) in [6.45, 7) is 0. The van der Waals surface area contributed by atoms with Crippen LogP contribution in [0.4, 0.5) is 0 Å². The lowest BCUT2D eigenvalue weighted by molar-refractivity contribution is -0.139. The Kier molecular flexibility index (Phi) is 3.31. The number of hydrogen-bond donors (Lipinski definition) is 2. The summed E-state index contributed by atoms with van der Waals surface area (Å²) in [5.74, 6) is 3.70. The maximum atomic E-state index is 11.0. The largest absolute Gasteiger partial charge is 0.481 e. The van der Waals surface area contributed by atoms with Crippen molar-refractivity contribution >= 4 is 11.9 Å². The summed E-state index contributed by atoms with van der Waals surface area (Å²) in [5, 5.41) is 18.1. The monoisotopic (exact) mass is 304 g/mol. The van der Waals surface area contributed by atoms with Crippen LogP contribution >= 0.6 is 0 Å². The van der Waals surface area contributed by atoms with E-state index in [0.29, 0.717) is 23.7 Å². The molecule has 0 radical (unpaired) electrons. The molecule has 0 heterocycles. The van der Waals surface area contributed by atoms with Gasteiger partial charge in [-0.1, -0.05) is 12.2 Å². The van der Waals surface area contributed by atoms with Crippen molar-refractivity contribution in [2.45, 2.75) is 38.5 Å². The van der Waals surface area contributed by atoms with Crippen molar-refractivity contribution in [3.63, 3.8) is 0 Å². The van der Waals surface area contributed by atoms with Gasteiger partial charge < -0.3 is 10.2 Å². The lowest BCUT2D eigenvalue weighted by Gasteiger charge is -2.42. The second-order valence-corrected chi connectivity index (χ2v) is 7.86. The van der Waals surface area contributed by atoms with Crippen molar-refractivity contribution in [1.82, 2.24) is 0 Å². The maximum absolute atomic E-state index is 11.0. The number of carbonyl (C=O) groups is 2. The number of hydrogen-bond acceptors (Lipinski definition) is 2. The van der Waals surface area contributed by atoms with Gasteiger partial charge in [0.1, 0.15) is 0 Å². The van der Waals surface area contributed by atoms with Gasteiger partial charge in [0.2, 0.25) is 0 Å². The van der Waals surface area contributed by atoms with Crippen molar-refractivity contribution in [1.29, 1.82) is 0 Å². The third-order valence-corrected chi connectivity index (χ3v) is 7.15. The minimum Gasteiger partial charge on any atom is -0.481 e. The number of carboxylic acid groups (broad SMARTS) is 2. The molecule has 8 unspecified atom stereocenters.